The van der Waals surface area contributed by atoms with Gasteiger partial charge in [-0.3, -0.25) is 4.79 Å². The summed E-state index contributed by atoms with van der Waals surface area (Å²) >= 11 is 12.8. The first-order valence-electron chi connectivity index (χ1n) is 10.8. The highest BCUT2D eigenvalue weighted by atomic mass is 35.5. The van der Waals surface area contributed by atoms with Crippen LogP contribution in [-0.4, -0.2) is 22.8 Å². The van der Waals surface area contributed by atoms with Crippen LogP contribution in [0.4, 0.5) is 0 Å². The number of carbonyl (C=O) groups is 1. The van der Waals surface area contributed by atoms with Crippen LogP contribution in [0.25, 0.3) is 11.3 Å². The number of unbranched alkanes of at least 4 members (excludes halogenated alkanes) is 1. The van der Waals surface area contributed by atoms with Gasteiger partial charge in [0.1, 0.15) is 29.6 Å². The van der Waals surface area contributed by atoms with Gasteiger partial charge in [-0.2, -0.15) is 0 Å². The average molecular weight is 492 g/mol. The van der Waals surface area contributed by atoms with Gasteiger partial charge in [-0.05, 0) is 36.2 Å². The van der Waals surface area contributed by atoms with Crippen LogP contribution in [0.2, 0.25) is 10.0 Å². The number of nitrogens with zero attached hydrogens (tertiary/aromatic N) is 1. The lowest BCUT2D eigenvalue weighted by Crippen LogP contribution is -2.05. The number of ether oxygens (including phenoxy) is 2. The van der Waals surface area contributed by atoms with Gasteiger partial charge in [0.15, 0.2) is 0 Å². The van der Waals surface area contributed by atoms with Crippen molar-refractivity contribution in [3.05, 3.63) is 63.3 Å². The number of carboxylic acid groups (broad SMARTS) is 1. The highest BCUT2D eigenvalue weighted by Gasteiger charge is 2.24. The summed E-state index contributed by atoms with van der Waals surface area (Å²) in [4.78, 5) is 11.3. The Bertz CT molecular complexity index is 1090. The van der Waals surface area contributed by atoms with E-state index in [-0.39, 0.29) is 18.9 Å². The summed E-state index contributed by atoms with van der Waals surface area (Å²) in [6, 6.07) is 10.4. The normalized spacial score (nSPS) is 11.1. The van der Waals surface area contributed by atoms with E-state index in [2.05, 4.69) is 12.1 Å². The topological polar surface area (TPSA) is 81.8 Å². The fourth-order valence-corrected chi connectivity index (χ4v) is 3.98. The molecule has 2 aromatic carbocycles. The molecule has 0 amide bonds. The second kappa shape index (κ2) is 11.4. The molecule has 0 aliphatic heterocycles. The molecule has 0 aliphatic rings. The summed E-state index contributed by atoms with van der Waals surface area (Å²) < 4.78 is 17.5. The van der Waals surface area contributed by atoms with Crippen molar-refractivity contribution in [1.29, 1.82) is 0 Å². The maximum Gasteiger partial charge on any atom is 0.307 e. The molecule has 0 spiro atoms. The van der Waals surface area contributed by atoms with Gasteiger partial charge in [-0.25, -0.2) is 0 Å². The molecule has 176 valence electrons. The molecule has 8 heteroatoms. The van der Waals surface area contributed by atoms with Crippen molar-refractivity contribution in [3.63, 3.8) is 0 Å². The summed E-state index contributed by atoms with van der Waals surface area (Å²) in [7, 11) is 0. The molecule has 0 fully saturated rings. The van der Waals surface area contributed by atoms with Gasteiger partial charge in [0.05, 0.1) is 28.6 Å². The monoisotopic (exact) mass is 491 g/mol. The minimum atomic E-state index is -0.927. The third-order valence-corrected chi connectivity index (χ3v) is 5.62. The van der Waals surface area contributed by atoms with Gasteiger partial charge in [-0.1, -0.05) is 61.6 Å². The highest BCUT2D eigenvalue weighted by molar-refractivity contribution is 6.39. The van der Waals surface area contributed by atoms with Gasteiger partial charge in [0.2, 0.25) is 0 Å². The number of carboxylic acids is 1. The largest absolute Gasteiger partial charge is 0.493 e. The van der Waals surface area contributed by atoms with Crippen molar-refractivity contribution >= 4 is 29.2 Å². The number of halogens is 2. The molecular formula is C25H27Cl2NO5. The Morgan fingerprint density at radius 2 is 1.79 bits per heavy atom. The summed E-state index contributed by atoms with van der Waals surface area (Å²) in [5.41, 5.74) is 2.43. The summed E-state index contributed by atoms with van der Waals surface area (Å²) in [6.07, 6.45) is 1.77. The number of aromatic nitrogens is 1. The Kier molecular flexibility index (Phi) is 8.64. The molecule has 33 heavy (non-hydrogen) atoms. The van der Waals surface area contributed by atoms with Gasteiger partial charge in [-0.15, -0.1) is 0 Å². The summed E-state index contributed by atoms with van der Waals surface area (Å²) in [5.74, 6) is 0.858. The Morgan fingerprint density at radius 1 is 1.12 bits per heavy atom. The molecule has 3 rings (SSSR count). The van der Waals surface area contributed by atoms with Gasteiger partial charge in [0, 0.05) is 17.5 Å². The molecule has 0 saturated carbocycles. The molecule has 0 unspecified atom stereocenters. The highest BCUT2D eigenvalue weighted by Crippen LogP contribution is 2.39. The average Bonchev–Trinajstić information content (AvgIpc) is 3.15. The smallest absolute Gasteiger partial charge is 0.307 e. The SMILES string of the molecule is CCCCOc1cc(CC(=O)O)cc(OCc2c(-c3c(Cl)cccc3Cl)noc2C(C)C)c1. The zero-order chi connectivity index (χ0) is 24.0. The summed E-state index contributed by atoms with van der Waals surface area (Å²) in [6.45, 7) is 6.75. The van der Waals surface area contributed by atoms with E-state index in [4.69, 9.17) is 37.2 Å². The molecule has 0 atom stereocenters. The second-order valence-corrected chi connectivity index (χ2v) is 8.81. The lowest BCUT2D eigenvalue weighted by molar-refractivity contribution is -0.136. The minimum absolute atomic E-state index is 0.0531. The molecule has 0 saturated heterocycles. The van der Waals surface area contributed by atoms with Crippen LogP contribution in [0.15, 0.2) is 40.9 Å². The number of hydrogen-bond acceptors (Lipinski definition) is 5. The fraction of sp³-hybridized carbons (Fsp3) is 0.360. The first-order chi connectivity index (χ1) is 15.8. The van der Waals surface area contributed by atoms with Crippen LogP contribution < -0.4 is 9.47 Å². The Labute approximate surface area is 203 Å². The first-order valence-corrected chi connectivity index (χ1v) is 11.6. The predicted molar refractivity (Wildman–Crippen MR) is 129 cm³/mol. The van der Waals surface area contributed by atoms with Crippen molar-refractivity contribution < 1.29 is 23.9 Å². The Balaban J connectivity index is 1.93. The van der Waals surface area contributed by atoms with E-state index in [1.54, 1.807) is 36.4 Å². The Morgan fingerprint density at radius 3 is 2.39 bits per heavy atom. The van der Waals surface area contributed by atoms with Crippen LogP contribution in [0.5, 0.6) is 11.5 Å². The van der Waals surface area contributed by atoms with Crippen molar-refractivity contribution in [3.8, 4) is 22.8 Å². The van der Waals surface area contributed by atoms with E-state index in [1.165, 1.54) is 0 Å². The van der Waals surface area contributed by atoms with E-state index in [0.29, 0.717) is 50.7 Å². The second-order valence-electron chi connectivity index (χ2n) is 8.00. The van der Waals surface area contributed by atoms with E-state index >= 15 is 0 Å². The lowest BCUT2D eigenvalue weighted by atomic mass is 10.0. The van der Waals surface area contributed by atoms with E-state index < -0.39 is 5.97 Å². The standard InChI is InChI=1S/C25H27Cl2NO5/c1-4-5-9-31-17-10-16(12-22(29)30)11-18(13-17)32-14-19-24(28-33-25(19)15(2)3)23-20(26)7-6-8-21(23)27/h6-8,10-11,13,15H,4-5,9,12,14H2,1-3H3,(H,29,30). The van der Waals surface area contributed by atoms with E-state index in [1.807, 2.05) is 13.8 Å². The maximum atomic E-state index is 11.3. The maximum absolute atomic E-state index is 11.3. The van der Waals surface area contributed by atoms with Crippen molar-refractivity contribution in [1.82, 2.24) is 5.16 Å². The number of rotatable bonds is 11. The molecular weight excluding hydrogens is 465 g/mol. The molecule has 0 bridgehead atoms. The zero-order valence-electron chi connectivity index (χ0n) is 18.9. The van der Waals surface area contributed by atoms with Gasteiger partial charge >= 0.3 is 5.97 Å². The molecule has 3 aromatic rings. The first kappa shape index (κ1) is 24.9. The molecule has 6 nitrogen and oxygen atoms in total. The van der Waals surface area contributed by atoms with Gasteiger partial charge in [0.25, 0.3) is 0 Å². The summed E-state index contributed by atoms with van der Waals surface area (Å²) in [5, 5.41) is 14.4. The molecule has 0 aliphatic carbocycles. The van der Waals surface area contributed by atoms with Crippen LogP contribution in [0, 0.1) is 0 Å². The van der Waals surface area contributed by atoms with Crippen LogP contribution in [0.3, 0.4) is 0 Å². The minimum Gasteiger partial charge on any atom is -0.493 e. The third-order valence-electron chi connectivity index (χ3n) is 4.99. The van der Waals surface area contributed by atoms with Crippen molar-refractivity contribution in [2.24, 2.45) is 0 Å². The number of hydrogen-bond donors (Lipinski definition) is 1. The van der Waals surface area contributed by atoms with Crippen molar-refractivity contribution in [2.75, 3.05) is 6.61 Å². The van der Waals surface area contributed by atoms with E-state index in [0.717, 1.165) is 18.4 Å². The van der Waals surface area contributed by atoms with Crippen LogP contribution in [-0.2, 0) is 17.8 Å². The zero-order valence-corrected chi connectivity index (χ0v) is 20.4. The van der Waals surface area contributed by atoms with Crippen LogP contribution in [0.1, 0.15) is 56.4 Å². The Hall–Kier alpha value is -2.70. The fourth-order valence-electron chi connectivity index (χ4n) is 3.40. The lowest BCUT2D eigenvalue weighted by Gasteiger charge is -2.13. The predicted octanol–water partition coefficient (Wildman–Crippen LogP) is 7.16. The molecule has 0 radical (unpaired) electrons. The van der Waals surface area contributed by atoms with Crippen molar-refractivity contribution in [2.45, 2.75) is 52.6 Å². The van der Waals surface area contributed by atoms with Crippen LogP contribution >= 0.6 is 23.2 Å². The molecule has 1 aromatic heterocycles. The number of benzene rings is 2. The quantitative estimate of drug-likeness (QED) is 0.286. The molecule has 1 N–H and O–H groups in total. The van der Waals surface area contributed by atoms with E-state index in [9.17, 15) is 9.90 Å². The molecule has 1 heterocycles. The van der Waals surface area contributed by atoms with Gasteiger partial charge < -0.3 is 19.1 Å². The number of aliphatic carboxylic acids is 1. The third kappa shape index (κ3) is 6.42.